The van der Waals surface area contributed by atoms with Gasteiger partial charge in [-0.2, -0.15) is 0 Å². The minimum atomic E-state index is -0.110. The number of hydrogen-bond acceptors (Lipinski definition) is 5. The van der Waals surface area contributed by atoms with E-state index in [-0.39, 0.29) is 17.7 Å². The normalized spacial score (nSPS) is 17.1. The largest absolute Gasteiger partial charge is 0.497 e. The van der Waals surface area contributed by atoms with Crippen molar-refractivity contribution in [3.63, 3.8) is 0 Å². The zero-order chi connectivity index (χ0) is 23.5. The summed E-state index contributed by atoms with van der Waals surface area (Å²) < 4.78 is 13.0. The zero-order valence-corrected chi connectivity index (χ0v) is 20.3. The van der Waals surface area contributed by atoms with Crippen molar-refractivity contribution < 1.29 is 9.47 Å². The van der Waals surface area contributed by atoms with Crippen LogP contribution in [0.4, 0.5) is 5.69 Å². The van der Waals surface area contributed by atoms with Crippen LogP contribution in [0.3, 0.4) is 0 Å². The molecule has 7 heteroatoms. The summed E-state index contributed by atoms with van der Waals surface area (Å²) in [5, 5.41) is 4.03. The van der Waals surface area contributed by atoms with Gasteiger partial charge in [0.05, 0.1) is 30.0 Å². The van der Waals surface area contributed by atoms with E-state index < -0.39 is 0 Å². The third kappa shape index (κ3) is 4.37. The van der Waals surface area contributed by atoms with Crippen LogP contribution in [0.15, 0.2) is 47.3 Å². The number of nitrogens with one attached hydrogen (secondary N) is 1. The van der Waals surface area contributed by atoms with E-state index in [1.807, 2.05) is 45.0 Å². The summed E-state index contributed by atoms with van der Waals surface area (Å²) in [6.07, 6.45) is 1.39. The van der Waals surface area contributed by atoms with Crippen molar-refractivity contribution in [2.75, 3.05) is 19.0 Å². The van der Waals surface area contributed by atoms with E-state index in [4.69, 9.17) is 26.1 Å². The topological polar surface area (TPSA) is 65.4 Å². The molecule has 2 atom stereocenters. The minimum Gasteiger partial charge on any atom is -0.497 e. The van der Waals surface area contributed by atoms with Crippen LogP contribution in [0.25, 0.3) is 11.4 Å². The SMILES string of the molecule is CCO[C@H]1Cc2ccccc2C1Nc1c(CC)nc(-c2ccc(OC)cc2Cl)n(CC)c1=O. The predicted octanol–water partition coefficient (Wildman–Crippen LogP) is 5.27. The highest BCUT2D eigenvalue weighted by Crippen LogP contribution is 2.36. The third-order valence-electron chi connectivity index (χ3n) is 6.18. The summed E-state index contributed by atoms with van der Waals surface area (Å²) in [6.45, 7) is 7.03. The predicted molar refractivity (Wildman–Crippen MR) is 132 cm³/mol. The fraction of sp³-hybridized carbons (Fsp3) is 0.385. The van der Waals surface area contributed by atoms with Crippen LogP contribution in [-0.2, 0) is 24.1 Å². The fourth-order valence-electron chi connectivity index (χ4n) is 4.56. The van der Waals surface area contributed by atoms with Crippen LogP contribution in [0.1, 0.15) is 43.6 Å². The van der Waals surface area contributed by atoms with Gasteiger partial charge in [-0.3, -0.25) is 9.36 Å². The molecule has 0 amide bonds. The quantitative estimate of drug-likeness (QED) is 0.489. The molecular formula is C26H30ClN3O3. The van der Waals surface area contributed by atoms with Crippen molar-refractivity contribution >= 4 is 17.3 Å². The molecule has 0 radical (unpaired) electrons. The molecule has 3 aromatic rings. The van der Waals surface area contributed by atoms with Gasteiger partial charge in [0.2, 0.25) is 0 Å². The third-order valence-corrected chi connectivity index (χ3v) is 6.49. The van der Waals surface area contributed by atoms with Crippen LogP contribution in [0, 0.1) is 0 Å². The lowest BCUT2D eigenvalue weighted by molar-refractivity contribution is 0.0574. The molecule has 1 aromatic heterocycles. The van der Waals surface area contributed by atoms with E-state index in [9.17, 15) is 4.79 Å². The van der Waals surface area contributed by atoms with Crippen LogP contribution in [0.5, 0.6) is 5.75 Å². The first kappa shape index (κ1) is 23.3. The van der Waals surface area contributed by atoms with Gasteiger partial charge in [0, 0.05) is 25.1 Å². The summed E-state index contributed by atoms with van der Waals surface area (Å²) in [6, 6.07) is 13.6. The standard InChI is InChI=1S/C26H30ClN3O3/c1-5-21-24(29-23-18-11-9-8-10-16(18)14-22(23)33-7-3)26(31)30(6-2)25(28-21)19-13-12-17(32-4)15-20(19)27/h8-13,15,22-23,29H,5-7,14H2,1-4H3/t22-,23?/m0/s1. The number of ether oxygens (including phenoxy) is 2. The maximum atomic E-state index is 13.7. The fourth-order valence-corrected chi connectivity index (χ4v) is 4.81. The number of hydrogen-bond donors (Lipinski definition) is 1. The molecule has 174 valence electrons. The van der Waals surface area contributed by atoms with Crippen LogP contribution in [-0.4, -0.2) is 29.4 Å². The first-order valence-electron chi connectivity index (χ1n) is 11.5. The molecule has 0 spiro atoms. The van der Waals surface area contributed by atoms with Gasteiger partial charge >= 0.3 is 0 Å². The van der Waals surface area contributed by atoms with E-state index in [0.29, 0.717) is 53.1 Å². The Kier molecular flexibility index (Phi) is 7.05. The Labute approximate surface area is 199 Å². The zero-order valence-electron chi connectivity index (χ0n) is 19.5. The first-order valence-corrected chi connectivity index (χ1v) is 11.8. The molecule has 0 saturated heterocycles. The average molecular weight is 468 g/mol. The Morgan fingerprint density at radius 3 is 2.64 bits per heavy atom. The lowest BCUT2D eigenvalue weighted by Gasteiger charge is -2.25. The number of aromatic nitrogens is 2. The Balaban J connectivity index is 1.81. The molecule has 1 unspecified atom stereocenters. The molecule has 2 aromatic carbocycles. The number of anilines is 1. The van der Waals surface area contributed by atoms with Crippen molar-refractivity contribution in [1.82, 2.24) is 9.55 Å². The average Bonchev–Trinajstić information content (AvgIpc) is 3.17. The summed E-state index contributed by atoms with van der Waals surface area (Å²) in [5.74, 6) is 1.22. The second-order valence-corrected chi connectivity index (χ2v) is 8.43. The van der Waals surface area contributed by atoms with Crippen molar-refractivity contribution in [3.05, 3.63) is 74.7 Å². The van der Waals surface area contributed by atoms with E-state index in [2.05, 4.69) is 17.4 Å². The molecule has 4 rings (SSSR count). The van der Waals surface area contributed by atoms with E-state index in [0.717, 1.165) is 6.42 Å². The molecule has 0 saturated carbocycles. The number of halogens is 1. The highest BCUT2D eigenvalue weighted by atomic mass is 35.5. The maximum absolute atomic E-state index is 13.7. The van der Waals surface area contributed by atoms with Crippen LogP contribution in [0.2, 0.25) is 5.02 Å². The van der Waals surface area contributed by atoms with Gasteiger partial charge in [-0.15, -0.1) is 0 Å². The van der Waals surface area contributed by atoms with Gasteiger partial charge in [0.25, 0.3) is 5.56 Å². The number of aryl methyl sites for hydroxylation is 1. The maximum Gasteiger partial charge on any atom is 0.277 e. The monoisotopic (exact) mass is 467 g/mol. The van der Waals surface area contributed by atoms with Gasteiger partial charge in [-0.05, 0) is 49.6 Å². The second kappa shape index (κ2) is 9.98. The molecule has 0 fully saturated rings. The van der Waals surface area contributed by atoms with Crippen molar-refractivity contribution in [3.8, 4) is 17.1 Å². The van der Waals surface area contributed by atoms with Gasteiger partial charge < -0.3 is 14.8 Å². The highest BCUT2D eigenvalue weighted by molar-refractivity contribution is 6.33. The summed E-state index contributed by atoms with van der Waals surface area (Å²) in [7, 11) is 1.60. The minimum absolute atomic E-state index is 0.0395. The number of methoxy groups -OCH3 is 1. The molecular weight excluding hydrogens is 438 g/mol. The Bertz CT molecular complexity index is 1210. The van der Waals surface area contributed by atoms with Crippen LogP contribution < -0.4 is 15.6 Å². The summed E-state index contributed by atoms with van der Waals surface area (Å²) in [5.41, 5.74) is 4.26. The van der Waals surface area contributed by atoms with Crippen molar-refractivity contribution in [2.45, 2.75) is 52.3 Å². The molecule has 1 N–H and O–H groups in total. The van der Waals surface area contributed by atoms with E-state index >= 15 is 0 Å². The first-order chi connectivity index (χ1) is 16.0. The van der Waals surface area contributed by atoms with Gasteiger partial charge in [0.1, 0.15) is 17.3 Å². The van der Waals surface area contributed by atoms with Gasteiger partial charge in [0.15, 0.2) is 0 Å². The van der Waals surface area contributed by atoms with Crippen LogP contribution >= 0.6 is 11.6 Å². The lowest BCUT2D eigenvalue weighted by Crippen LogP contribution is -2.32. The second-order valence-electron chi connectivity index (χ2n) is 8.02. The Morgan fingerprint density at radius 1 is 1.18 bits per heavy atom. The highest BCUT2D eigenvalue weighted by Gasteiger charge is 2.34. The summed E-state index contributed by atoms with van der Waals surface area (Å²) in [4.78, 5) is 18.6. The number of nitrogens with zero attached hydrogens (tertiary/aromatic N) is 2. The number of rotatable bonds is 8. The van der Waals surface area contributed by atoms with E-state index in [1.54, 1.807) is 17.7 Å². The smallest absolute Gasteiger partial charge is 0.277 e. The number of benzene rings is 2. The summed E-state index contributed by atoms with van der Waals surface area (Å²) >= 11 is 6.54. The van der Waals surface area contributed by atoms with Crippen molar-refractivity contribution in [1.29, 1.82) is 0 Å². The molecule has 1 aliphatic rings. The molecule has 1 aliphatic carbocycles. The molecule has 0 aliphatic heterocycles. The number of fused-ring (bicyclic) bond motifs is 1. The van der Waals surface area contributed by atoms with Gasteiger partial charge in [-0.1, -0.05) is 42.8 Å². The van der Waals surface area contributed by atoms with Crippen molar-refractivity contribution in [2.24, 2.45) is 0 Å². The molecule has 33 heavy (non-hydrogen) atoms. The molecule has 1 heterocycles. The molecule has 6 nitrogen and oxygen atoms in total. The molecule has 0 bridgehead atoms. The Hall–Kier alpha value is -2.83. The lowest BCUT2D eigenvalue weighted by atomic mass is 10.1. The Morgan fingerprint density at radius 2 is 1.97 bits per heavy atom. The van der Waals surface area contributed by atoms with E-state index in [1.165, 1.54) is 11.1 Å². The van der Waals surface area contributed by atoms with Gasteiger partial charge in [-0.25, -0.2) is 4.98 Å².